The number of nitrogens with one attached hydrogen (secondary N) is 1. The van der Waals surface area contributed by atoms with Gasteiger partial charge in [0.1, 0.15) is 0 Å². The maximum Gasteiger partial charge on any atom is 0.306 e. The third kappa shape index (κ3) is 7.28. The lowest BCUT2D eigenvalue weighted by atomic mass is 9.98. The van der Waals surface area contributed by atoms with Crippen molar-refractivity contribution in [3.63, 3.8) is 0 Å². The molecule has 1 N–H and O–H groups in total. The van der Waals surface area contributed by atoms with E-state index in [1.807, 2.05) is 0 Å². The van der Waals surface area contributed by atoms with E-state index < -0.39 is 0 Å². The van der Waals surface area contributed by atoms with Crippen molar-refractivity contribution in [1.29, 1.82) is 0 Å². The number of methoxy groups -OCH3 is 1. The van der Waals surface area contributed by atoms with Crippen LogP contribution in [0.3, 0.4) is 0 Å². The minimum absolute atomic E-state index is 0.0931. The standard InChI is InChI=1S/C15H25NO4/c1-19-14(17)12-13-8-6-4-2-3-5-7-10-20-11-9-16-15(13)18/h2,4,13H,3,5-12H2,1H3,(H,16,18). The molecular weight excluding hydrogens is 258 g/mol. The summed E-state index contributed by atoms with van der Waals surface area (Å²) in [4.78, 5) is 23.4. The lowest BCUT2D eigenvalue weighted by Crippen LogP contribution is -2.34. The average Bonchev–Trinajstić information content (AvgIpc) is 2.45. The predicted octanol–water partition coefficient (Wildman–Crippen LogP) is 1.82. The molecule has 0 radical (unpaired) electrons. The van der Waals surface area contributed by atoms with Crippen LogP contribution >= 0.6 is 0 Å². The molecule has 1 rings (SSSR count). The first-order valence-corrected chi connectivity index (χ1v) is 7.31. The minimum Gasteiger partial charge on any atom is -0.469 e. The van der Waals surface area contributed by atoms with E-state index in [0.29, 0.717) is 19.6 Å². The van der Waals surface area contributed by atoms with E-state index in [0.717, 1.165) is 32.3 Å². The second-order valence-electron chi connectivity index (χ2n) is 4.93. The molecule has 1 unspecified atom stereocenters. The highest BCUT2D eigenvalue weighted by Crippen LogP contribution is 2.14. The Morgan fingerprint density at radius 1 is 1.35 bits per heavy atom. The van der Waals surface area contributed by atoms with E-state index in [1.54, 1.807) is 0 Å². The number of hydrogen-bond acceptors (Lipinski definition) is 4. The maximum atomic E-state index is 12.0. The molecule has 114 valence electrons. The third-order valence-corrected chi connectivity index (χ3v) is 3.32. The summed E-state index contributed by atoms with van der Waals surface area (Å²) in [6.07, 6.45) is 9.04. The number of carbonyl (C=O) groups excluding carboxylic acids is 2. The van der Waals surface area contributed by atoms with Gasteiger partial charge in [-0.25, -0.2) is 0 Å². The molecule has 0 saturated heterocycles. The monoisotopic (exact) mass is 283 g/mol. The fraction of sp³-hybridized carbons (Fsp3) is 0.733. The van der Waals surface area contributed by atoms with Crippen LogP contribution in [0.1, 0.15) is 38.5 Å². The van der Waals surface area contributed by atoms with Gasteiger partial charge in [0.25, 0.3) is 0 Å². The van der Waals surface area contributed by atoms with Crippen molar-refractivity contribution in [2.75, 3.05) is 26.9 Å². The zero-order valence-electron chi connectivity index (χ0n) is 12.2. The molecule has 5 heteroatoms. The number of allylic oxidation sites excluding steroid dienone is 2. The van der Waals surface area contributed by atoms with Crippen molar-refractivity contribution in [2.24, 2.45) is 5.92 Å². The quantitative estimate of drug-likeness (QED) is 0.620. The lowest BCUT2D eigenvalue weighted by molar-refractivity contribution is -0.144. The molecular formula is C15H25NO4. The molecule has 0 spiro atoms. The number of ether oxygens (including phenoxy) is 2. The second kappa shape index (κ2) is 10.4. The average molecular weight is 283 g/mol. The van der Waals surface area contributed by atoms with E-state index in [-0.39, 0.29) is 24.2 Å². The molecule has 0 aliphatic carbocycles. The van der Waals surface area contributed by atoms with Crippen molar-refractivity contribution in [3.05, 3.63) is 12.2 Å². The zero-order valence-corrected chi connectivity index (χ0v) is 12.2. The van der Waals surface area contributed by atoms with E-state index in [4.69, 9.17) is 4.74 Å². The van der Waals surface area contributed by atoms with Crippen LogP contribution < -0.4 is 5.32 Å². The summed E-state index contributed by atoms with van der Waals surface area (Å²) in [5, 5.41) is 2.82. The summed E-state index contributed by atoms with van der Waals surface area (Å²) in [5.74, 6) is -0.758. The van der Waals surface area contributed by atoms with Gasteiger partial charge in [-0.05, 0) is 32.1 Å². The lowest BCUT2D eigenvalue weighted by Gasteiger charge is -2.15. The Bertz CT molecular complexity index is 328. The van der Waals surface area contributed by atoms with Gasteiger partial charge in [-0.1, -0.05) is 12.2 Å². The van der Waals surface area contributed by atoms with Gasteiger partial charge in [-0.15, -0.1) is 0 Å². The topological polar surface area (TPSA) is 64.6 Å². The molecule has 20 heavy (non-hydrogen) atoms. The van der Waals surface area contributed by atoms with Crippen molar-refractivity contribution in [2.45, 2.75) is 38.5 Å². The molecule has 0 bridgehead atoms. The van der Waals surface area contributed by atoms with Crippen molar-refractivity contribution < 1.29 is 19.1 Å². The largest absolute Gasteiger partial charge is 0.469 e. The molecule has 1 heterocycles. The molecule has 1 aliphatic rings. The summed E-state index contributed by atoms with van der Waals surface area (Å²) in [6.45, 7) is 1.74. The van der Waals surface area contributed by atoms with Crippen LogP contribution in [0.25, 0.3) is 0 Å². The number of hydrogen-bond donors (Lipinski definition) is 1. The first-order chi connectivity index (χ1) is 9.74. The fourth-order valence-corrected chi connectivity index (χ4v) is 2.10. The van der Waals surface area contributed by atoms with Crippen LogP contribution in [0.4, 0.5) is 0 Å². The molecule has 0 saturated carbocycles. The van der Waals surface area contributed by atoms with Gasteiger partial charge < -0.3 is 14.8 Å². The van der Waals surface area contributed by atoms with Gasteiger partial charge in [0, 0.05) is 19.1 Å². The Balaban J connectivity index is 2.52. The van der Waals surface area contributed by atoms with Gasteiger partial charge in [-0.2, -0.15) is 0 Å². The summed E-state index contributed by atoms with van der Waals surface area (Å²) >= 11 is 0. The molecule has 0 aromatic rings. The maximum absolute atomic E-state index is 12.0. The summed E-state index contributed by atoms with van der Waals surface area (Å²) in [6, 6.07) is 0. The van der Waals surface area contributed by atoms with Gasteiger partial charge in [0.05, 0.1) is 20.1 Å². The Labute approximate surface area is 120 Å². The molecule has 0 aromatic heterocycles. The van der Waals surface area contributed by atoms with E-state index >= 15 is 0 Å². The van der Waals surface area contributed by atoms with E-state index in [9.17, 15) is 9.59 Å². The molecule has 1 amide bonds. The van der Waals surface area contributed by atoms with Gasteiger partial charge >= 0.3 is 5.97 Å². The second-order valence-corrected chi connectivity index (χ2v) is 4.93. The van der Waals surface area contributed by atoms with Crippen molar-refractivity contribution in [3.8, 4) is 0 Å². The molecule has 0 fully saturated rings. The van der Waals surface area contributed by atoms with E-state index in [2.05, 4.69) is 22.2 Å². The Morgan fingerprint density at radius 2 is 2.15 bits per heavy atom. The highest BCUT2D eigenvalue weighted by molar-refractivity contribution is 5.83. The van der Waals surface area contributed by atoms with Crippen molar-refractivity contribution >= 4 is 11.9 Å². The molecule has 1 atom stereocenters. The highest BCUT2D eigenvalue weighted by Gasteiger charge is 2.21. The minimum atomic E-state index is -0.341. The molecule has 5 nitrogen and oxygen atoms in total. The first kappa shape index (κ1) is 16.7. The zero-order chi connectivity index (χ0) is 14.6. The van der Waals surface area contributed by atoms with Crippen LogP contribution in [0.5, 0.6) is 0 Å². The van der Waals surface area contributed by atoms with Gasteiger partial charge in [0.15, 0.2) is 0 Å². The third-order valence-electron chi connectivity index (χ3n) is 3.32. The van der Waals surface area contributed by atoms with Crippen LogP contribution in [0.2, 0.25) is 0 Å². The predicted molar refractivity (Wildman–Crippen MR) is 76.2 cm³/mol. The van der Waals surface area contributed by atoms with E-state index in [1.165, 1.54) is 7.11 Å². The summed E-state index contributed by atoms with van der Waals surface area (Å²) in [7, 11) is 1.34. The van der Waals surface area contributed by atoms with Crippen LogP contribution in [-0.2, 0) is 19.1 Å². The van der Waals surface area contributed by atoms with Gasteiger partial charge in [0.2, 0.25) is 5.91 Å². The number of amides is 1. The normalized spacial score (nSPS) is 22.6. The summed E-state index contributed by atoms with van der Waals surface area (Å²) in [5.41, 5.74) is 0. The number of rotatable bonds is 2. The molecule has 1 aliphatic heterocycles. The van der Waals surface area contributed by atoms with Crippen molar-refractivity contribution in [1.82, 2.24) is 5.32 Å². The number of esters is 1. The van der Waals surface area contributed by atoms with Crippen LogP contribution in [0.15, 0.2) is 12.2 Å². The Morgan fingerprint density at radius 3 is 2.95 bits per heavy atom. The highest BCUT2D eigenvalue weighted by atomic mass is 16.5. The first-order valence-electron chi connectivity index (χ1n) is 7.31. The fourth-order valence-electron chi connectivity index (χ4n) is 2.10. The van der Waals surface area contributed by atoms with Crippen LogP contribution in [0, 0.1) is 5.92 Å². The smallest absolute Gasteiger partial charge is 0.306 e. The number of carbonyl (C=O) groups is 2. The Kier molecular flexibility index (Phi) is 8.71. The Hall–Kier alpha value is -1.36. The molecule has 0 aromatic carbocycles. The van der Waals surface area contributed by atoms with Gasteiger partial charge in [-0.3, -0.25) is 9.59 Å². The SMILES string of the molecule is COC(=O)CC1CCC=CCCCCOCCNC1=O. The van der Waals surface area contributed by atoms with Crippen LogP contribution in [-0.4, -0.2) is 38.7 Å². The summed E-state index contributed by atoms with van der Waals surface area (Å²) < 4.78 is 10.1.